The second-order valence-electron chi connectivity index (χ2n) is 27.1. The van der Waals surface area contributed by atoms with E-state index in [0.717, 1.165) is 123 Å². The molecule has 1 aliphatic rings. The number of fused-ring (bicyclic) bond motifs is 5. The summed E-state index contributed by atoms with van der Waals surface area (Å²) < 4.78 is 4.96. The molecule has 0 saturated carbocycles. The van der Waals surface area contributed by atoms with Gasteiger partial charge in [-0.05, 0) is 175 Å². The van der Waals surface area contributed by atoms with E-state index >= 15 is 0 Å². The Morgan fingerprint density at radius 1 is 0.200 bits per heavy atom. The largest absolute Gasteiger partial charge is 0.310 e. The second kappa shape index (κ2) is 26.6. The predicted octanol–water partition coefficient (Wildman–Crippen LogP) is 26.9. The lowest BCUT2D eigenvalue weighted by molar-refractivity contribution is 0.768. The normalized spacial score (nSPS) is 12.1. The monoisotopic (exact) mass is 1340 g/mol. The van der Waals surface area contributed by atoms with Gasteiger partial charge < -0.3 is 18.9 Å². The van der Waals surface area contributed by atoms with E-state index in [-0.39, 0.29) is 0 Å². The molecule has 19 rings (SSSR count). The molecule has 18 aromatic rings. The summed E-state index contributed by atoms with van der Waals surface area (Å²) in [7, 11) is 0. The highest BCUT2D eigenvalue weighted by molar-refractivity contribution is 6.09. The van der Waals surface area contributed by atoms with Crippen molar-refractivity contribution in [1.29, 1.82) is 0 Å². The summed E-state index contributed by atoms with van der Waals surface area (Å²) in [6.07, 6.45) is 0. The average Bonchev–Trinajstić information content (AvgIpc) is 1.54. The Hall–Kier alpha value is -13.8. The zero-order valence-corrected chi connectivity index (χ0v) is 57.7. The second-order valence-corrected chi connectivity index (χ2v) is 27.1. The van der Waals surface area contributed by atoms with Crippen LogP contribution in [-0.2, 0) is 5.41 Å². The smallest absolute Gasteiger partial charge is 0.0715 e. The first-order chi connectivity index (χ1) is 52.1. The zero-order chi connectivity index (χ0) is 69.6. The molecule has 0 aliphatic heterocycles. The predicted molar refractivity (Wildman–Crippen MR) is 439 cm³/mol. The van der Waals surface area contributed by atoms with Crippen LogP contribution >= 0.6 is 0 Å². The van der Waals surface area contributed by atoms with E-state index in [9.17, 15) is 0 Å². The summed E-state index contributed by atoms with van der Waals surface area (Å²) >= 11 is 0. The Bertz CT molecular complexity index is 5780. The van der Waals surface area contributed by atoms with Gasteiger partial charge in [-0.3, -0.25) is 0 Å². The minimum absolute atomic E-state index is 0.823. The van der Waals surface area contributed by atoms with Crippen LogP contribution in [0, 0.1) is 0 Å². The highest BCUT2D eigenvalue weighted by atomic mass is 15.2. The number of hydrogen-bond donors (Lipinski definition) is 0. The topological polar surface area (TPSA) is 16.3 Å². The van der Waals surface area contributed by atoms with Gasteiger partial charge in [-0.25, -0.2) is 0 Å². The van der Waals surface area contributed by atoms with Crippen LogP contribution in [0.2, 0.25) is 0 Å². The van der Waals surface area contributed by atoms with Gasteiger partial charge in [-0.2, -0.15) is 0 Å². The van der Waals surface area contributed by atoms with E-state index in [4.69, 9.17) is 0 Å². The molecule has 0 spiro atoms. The van der Waals surface area contributed by atoms with Crippen molar-refractivity contribution in [3.63, 3.8) is 0 Å². The van der Waals surface area contributed by atoms with Gasteiger partial charge in [-0.1, -0.05) is 328 Å². The minimum atomic E-state index is -0.823. The van der Waals surface area contributed by atoms with Crippen LogP contribution in [0.4, 0.5) is 34.1 Å². The quantitative estimate of drug-likeness (QED) is 0.0959. The molecule has 0 bridgehead atoms. The maximum absolute atomic E-state index is 2.51. The first kappa shape index (κ1) is 62.2. The third-order valence-corrected chi connectivity index (χ3v) is 21.1. The van der Waals surface area contributed by atoms with Crippen LogP contribution in [0.3, 0.4) is 0 Å². The van der Waals surface area contributed by atoms with Gasteiger partial charge in [0.25, 0.3) is 0 Å². The third kappa shape index (κ3) is 10.9. The van der Waals surface area contributed by atoms with Crippen molar-refractivity contribution in [3.8, 4) is 89.5 Å². The van der Waals surface area contributed by atoms with Crippen LogP contribution in [0.25, 0.3) is 111 Å². The molecule has 0 N–H and O–H groups in total. The van der Waals surface area contributed by atoms with E-state index in [1.54, 1.807) is 0 Å². The van der Waals surface area contributed by atoms with E-state index in [1.807, 2.05) is 0 Å². The molecule has 0 saturated heterocycles. The van der Waals surface area contributed by atoms with E-state index in [1.165, 1.54) is 44.5 Å². The summed E-state index contributed by atoms with van der Waals surface area (Å²) in [5, 5.41) is 2.33. The summed E-state index contributed by atoms with van der Waals surface area (Å²) in [5.41, 5.74) is 30.7. The molecule has 0 unspecified atom stereocenters. The Morgan fingerprint density at radius 2 is 0.476 bits per heavy atom. The van der Waals surface area contributed by atoms with E-state index in [2.05, 4.69) is 444 Å². The lowest BCUT2D eigenvalue weighted by Crippen LogP contribution is -2.29. The zero-order valence-electron chi connectivity index (χ0n) is 57.7. The number of anilines is 6. The summed E-state index contributed by atoms with van der Waals surface area (Å²) in [6.45, 7) is 0. The Balaban J connectivity index is 0.858. The average molecular weight is 1340 g/mol. The van der Waals surface area contributed by atoms with Crippen molar-refractivity contribution < 1.29 is 0 Å². The summed E-state index contributed by atoms with van der Waals surface area (Å²) in [5.74, 6) is 0. The van der Waals surface area contributed by atoms with Crippen LogP contribution in [-0.4, -0.2) is 9.13 Å². The molecule has 4 heteroatoms. The van der Waals surface area contributed by atoms with Gasteiger partial charge in [0.1, 0.15) is 0 Å². The molecule has 494 valence electrons. The van der Waals surface area contributed by atoms with Crippen LogP contribution < -0.4 is 9.80 Å². The Kier molecular flexibility index (Phi) is 15.8. The van der Waals surface area contributed by atoms with Crippen molar-refractivity contribution >= 4 is 55.9 Å². The van der Waals surface area contributed by atoms with Gasteiger partial charge in [0.2, 0.25) is 0 Å². The molecule has 105 heavy (non-hydrogen) atoms. The minimum Gasteiger partial charge on any atom is -0.310 e. The number of nitrogens with zero attached hydrogens (tertiary/aromatic N) is 4. The van der Waals surface area contributed by atoms with Gasteiger partial charge in [0, 0.05) is 67.4 Å². The van der Waals surface area contributed by atoms with Crippen molar-refractivity contribution in [3.05, 3.63) is 447 Å². The summed E-state index contributed by atoms with van der Waals surface area (Å²) in [4.78, 5) is 4.98. The molecule has 0 radical (unpaired) electrons. The van der Waals surface area contributed by atoms with Gasteiger partial charge in [0.15, 0.2) is 0 Å². The Morgan fingerprint density at radius 3 is 0.829 bits per heavy atom. The fourth-order valence-corrected chi connectivity index (χ4v) is 16.6. The molecule has 4 nitrogen and oxygen atoms in total. The molecule has 16 aromatic carbocycles. The lowest BCUT2D eigenvalue weighted by atomic mass is 9.67. The van der Waals surface area contributed by atoms with Crippen molar-refractivity contribution in [2.24, 2.45) is 0 Å². The molecular weight excluding hydrogens is 1270 g/mol. The number of aromatic nitrogens is 2. The molecular formula is C101H70N4. The molecule has 0 amide bonds. The maximum Gasteiger partial charge on any atom is 0.0715 e. The number of benzene rings is 16. The first-order valence-electron chi connectivity index (χ1n) is 36.1. The van der Waals surface area contributed by atoms with Crippen molar-refractivity contribution in [1.82, 2.24) is 9.13 Å². The molecule has 0 atom stereocenters. The summed E-state index contributed by atoms with van der Waals surface area (Å²) in [6, 6.07) is 156. The maximum atomic E-state index is 2.51. The van der Waals surface area contributed by atoms with Crippen LogP contribution in [0.15, 0.2) is 425 Å². The first-order valence-corrected chi connectivity index (χ1v) is 36.1. The van der Waals surface area contributed by atoms with Crippen LogP contribution in [0.1, 0.15) is 22.3 Å². The van der Waals surface area contributed by atoms with Crippen molar-refractivity contribution in [2.45, 2.75) is 5.41 Å². The molecule has 1 aliphatic carbocycles. The number of para-hydroxylation sites is 2. The highest BCUT2D eigenvalue weighted by Gasteiger charge is 2.47. The SMILES string of the molecule is c1ccc(-c2cccc(N(c3ccc4c(c3)C(c3ccccc3)(c3ccccc3)c3cc(N(c5cccc(-c6ccccc6)c5)c5ccc6c(-c7ccccc7)c(-c7ccccc7)n(-c7ccccc7)c6c5)ccc3-4)c3ccc4c(-c5ccccc5)c(-c5ccccc5)n(-c5ccccc5)c4c3)c2)cc1. The Labute approximate surface area is 612 Å². The van der Waals surface area contributed by atoms with E-state index in [0.29, 0.717) is 0 Å². The van der Waals surface area contributed by atoms with Crippen molar-refractivity contribution in [2.75, 3.05) is 9.80 Å². The van der Waals surface area contributed by atoms with Crippen LogP contribution in [0.5, 0.6) is 0 Å². The van der Waals surface area contributed by atoms with Gasteiger partial charge in [0.05, 0.1) is 27.8 Å². The number of rotatable bonds is 16. The molecule has 2 aromatic heterocycles. The number of hydrogen-bond acceptors (Lipinski definition) is 2. The molecule has 0 fully saturated rings. The standard InChI is InChI=1S/C101H70N4/c1-11-33-71(34-12-1)77-45-31-55-83(65-77)102(87-59-63-91-95(69-87)104(81-51-27-9-28-52-81)99(75-41-19-5-20-42-75)97(91)73-37-15-3-16-38-73)85-57-61-89-90-62-58-86(68-94(90)101(93(89)67-85,79-47-23-7-24-48-79)80-49-25-8-26-50-80)103(84-56-32-46-78(66-84)72-35-13-2-14-36-72)88-60-64-92-96(70-88)105(82-53-29-10-30-54-82)100(76-43-21-6-22-44-76)98(92)74-39-17-4-18-40-74/h1-70H. The highest BCUT2D eigenvalue weighted by Crippen LogP contribution is 2.59. The third-order valence-electron chi connectivity index (χ3n) is 21.1. The van der Waals surface area contributed by atoms with Gasteiger partial charge in [-0.15, -0.1) is 0 Å². The molecule has 2 heterocycles. The van der Waals surface area contributed by atoms with E-state index < -0.39 is 5.41 Å². The fraction of sp³-hybridized carbons (Fsp3) is 0.00990. The lowest BCUT2D eigenvalue weighted by Gasteiger charge is -2.35. The van der Waals surface area contributed by atoms with Gasteiger partial charge >= 0.3 is 0 Å². The fourth-order valence-electron chi connectivity index (χ4n) is 16.6.